The summed E-state index contributed by atoms with van der Waals surface area (Å²) in [6, 6.07) is 16.5. The van der Waals surface area contributed by atoms with Crippen molar-refractivity contribution in [2.24, 2.45) is 11.7 Å². The fraction of sp³-hybridized carbons (Fsp3) is 0.333. The molecule has 2 unspecified atom stereocenters. The standard InChI is InChI=1S/C21H25N3O2.ClH/c1-14(23-21(26)19(22)13-15-5-3-2-4-6-15)16-9-11-18(12-10-16)24-20(25)17-7-8-17;/h2-6,9-12,14,17,19H,7-8,13,22H2,1H3,(H,23,26)(H,24,25);1H. The van der Waals surface area contributed by atoms with Crippen LogP contribution >= 0.6 is 12.4 Å². The minimum absolute atomic E-state index is 0. The van der Waals surface area contributed by atoms with E-state index in [0.717, 1.165) is 29.7 Å². The van der Waals surface area contributed by atoms with Crippen molar-refractivity contribution in [1.29, 1.82) is 0 Å². The van der Waals surface area contributed by atoms with Crippen molar-refractivity contribution in [3.05, 3.63) is 65.7 Å². The molecule has 2 amide bonds. The third kappa shape index (κ3) is 6.08. The predicted molar refractivity (Wildman–Crippen MR) is 110 cm³/mol. The summed E-state index contributed by atoms with van der Waals surface area (Å²) >= 11 is 0. The van der Waals surface area contributed by atoms with Crippen molar-refractivity contribution in [3.63, 3.8) is 0 Å². The van der Waals surface area contributed by atoms with Crippen molar-refractivity contribution in [3.8, 4) is 0 Å². The van der Waals surface area contributed by atoms with Gasteiger partial charge in [0, 0.05) is 11.6 Å². The molecule has 5 nitrogen and oxygen atoms in total. The minimum atomic E-state index is -0.586. The lowest BCUT2D eigenvalue weighted by molar-refractivity contribution is -0.123. The van der Waals surface area contributed by atoms with Crippen LogP contribution in [0.4, 0.5) is 5.69 Å². The van der Waals surface area contributed by atoms with Crippen molar-refractivity contribution in [2.75, 3.05) is 5.32 Å². The molecule has 1 saturated carbocycles. The smallest absolute Gasteiger partial charge is 0.237 e. The molecule has 1 aliphatic rings. The van der Waals surface area contributed by atoms with E-state index in [4.69, 9.17) is 5.73 Å². The summed E-state index contributed by atoms with van der Waals surface area (Å²) in [5.74, 6) is 0.0949. The molecular formula is C21H26ClN3O2. The van der Waals surface area contributed by atoms with E-state index < -0.39 is 6.04 Å². The highest BCUT2D eigenvalue weighted by Crippen LogP contribution is 2.30. The Morgan fingerprint density at radius 3 is 2.30 bits per heavy atom. The number of halogens is 1. The second kappa shape index (κ2) is 9.53. The molecule has 3 rings (SSSR count). The van der Waals surface area contributed by atoms with E-state index in [9.17, 15) is 9.59 Å². The monoisotopic (exact) mass is 387 g/mol. The summed E-state index contributed by atoms with van der Waals surface area (Å²) in [5.41, 5.74) is 8.82. The lowest BCUT2D eigenvalue weighted by Gasteiger charge is -2.18. The van der Waals surface area contributed by atoms with E-state index in [1.807, 2.05) is 61.5 Å². The van der Waals surface area contributed by atoms with E-state index in [0.29, 0.717) is 6.42 Å². The van der Waals surface area contributed by atoms with Crippen LogP contribution in [0.2, 0.25) is 0 Å². The molecule has 0 spiro atoms. The third-order valence-electron chi connectivity index (χ3n) is 4.62. The third-order valence-corrected chi connectivity index (χ3v) is 4.62. The fourth-order valence-corrected chi connectivity index (χ4v) is 2.81. The van der Waals surface area contributed by atoms with Gasteiger partial charge < -0.3 is 16.4 Å². The van der Waals surface area contributed by atoms with Crippen LogP contribution in [0.5, 0.6) is 0 Å². The van der Waals surface area contributed by atoms with Gasteiger partial charge in [-0.15, -0.1) is 12.4 Å². The van der Waals surface area contributed by atoms with E-state index in [1.54, 1.807) is 0 Å². The van der Waals surface area contributed by atoms with Gasteiger partial charge in [0.15, 0.2) is 0 Å². The van der Waals surface area contributed by atoms with Gasteiger partial charge in [0.05, 0.1) is 12.1 Å². The molecule has 4 N–H and O–H groups in total. The highest BCUT2D eigenvalue weighted by atomic mass is 35.5. The van der Waals surface area contributed by atoms with Gasteiger partial charge in [0.2, 0.25) is 11.8 Å². The van der Waals surface area contributed by atoms with Gasteiger partial charge in [0.1, 0.15) is 0 Å². The molecule has 1 fully saturated rings. The van der Waals surface area contributed by atoms with Crippen LogP contribution in [-0.4, -0.2) is 17.9 Å². The molecule has 2 atom stereocenters. The molecule has 2 aromatic rings. The van der Waals surface area contributed by atoms with Gasteiger partial charge in [0.25, 0.3) is 0 Å². The van der Waals surface area contributed by atoms with Crippen molar-refractivity contribution in [1.82, 2.24) is 5.32 Å². The molecule has 27 heavy (non-hydrogen) atoms. The first-order chi connectivity index (χ1) is 12.5. The maximum atomic E-state index is 12.3. The van der Waals surface area contributed by atoms with Crippen molar-refractivity contribution < 1.29 is 9.59 Å². The Labute approximate surface area is 166 Å². The number of nitrogens with two attached hydrogens (primary N) is 1. The second-order valence-electron chi connectivity index (χ2n) is 6.91. The molecular weight excluding hydrogens is 362 g/mol. The lowest BCUT2D eigenvalue weighted by atomic mass is 10.0. The second-order valence-corrected chi connectivity index (χ2v) is 6.91. The summed E-state index contributed by atoms with van der Waals surface area (Å²) in [7, 11) is 0. The van der Waals surface area contributed by atoms with E-state index in [1.165, 1.54) is 0 Å². The van der Waals surface area contributed by atoms with Gasteiger partial charge in [-0.3, -0.25) is 9.59 Å². The Morgan fingerprint density at radius 1 is 1.07 bits per heavy atom. The summed E-state index contributed by atoms with van der Waals surface area (Å²) in [6.45, 7) is 1.92. The number of hydrogen-bond acceptors (Lipinski definition) is 3. The SMILES string of the molecule is CC(NC(=O)C(N)Cc1ccccc1)c1ccc(NC(=O)C2CC2)cc1.Cl. The first kappa shape index (κ1) is 20.9. The molecule has 0 heterocycles. The molecule has 0 radical (unpaired) electrons. The quantitative estimate of drug-likeness (QED) is 0.682. The van der Waals surface area contributed by atoms with Crippen molar-refractivity contribution in [2.45, 2.75) is 38.3 Å². The number of anilines is 1. The number of rotatable bonds is 7. The topological polar surface area (TPSA) is 84.2 Å². The van der Waals surface area contributed by atoms with Crippen LogP contribution in [0, 0.1) is 5.92 Å². The van der Waals surface area contributed by atoms with Crippen LogP contribution < -0.4 is 16.4 Å². The average Bonchev–Trinajstić information content (AvgIpc) is 3.48. The van der Waals surface area contributed by atoms with E-state index >= 15 is 0 Å². The number of benzene rings is 2. The minimum Gasteiger partial charge on any atom is -0.348 e. The fourth-order valence-electron chi connectivity index (χ4n) is 2.81. The zero-order valence-corrected chi connectivity index (χ0v) is 16.2. The zero-order chi connectivity index (χ0) is 18.5. The molecule has 144 valence electrons. The summed E-state index contributed by atoms with van der Waals surface area (Å²) in [4.78, 5) is 24.1. The summed E-state index contributed by atoms with van der Waals surface area (Å²) in [6.07, 6.45) is 2.47. The highest BCUT2D eigenvalue weighted by Gasteiger charge is 2.29. The zero-order valence-electron chi connectivity index (χ0n) is 15.4. The van der Waals surface area contributed by atoms with Gasteiger partial charge in [-0.05, 0) is 49.4 Å². The molecule has 6 heteroatoms. The van der Waals surface area contributed by atoms with Gasteiger partial charge >= 0.3 is 0 Å². The van der Waals surface area contributed by atoms with Crippen LogP contribution in [0.15, 0.2) is 54.6 Å². The number of carbonyl (C=O) groups is 2. The molecule has 0 aliphatic heterocycles. The van der Waals surface area contributed by atoms with Crippen LogP contribution in [0.3, 0.4) is 0 Å². The molecule has 1 aliphatic carbocycles. The Morgan fingerprint density at radius 2 is 1.70 bits per heavy atom. The highest BCUT2D eigenvalue weighted by molar-refractivity contribution is 5.94. The van der Waals surface area contributed by atoms with Gasteiger partial charge in [-0.25, -0.2) is 0 Å². The number of hydrogen-bond donors (Lipinski definition) is 3. The van der Waals surface area contributed by atoms with Gasteiger partial charge in [-0.2, -0.15) is 0 Å². The Kier molecular flexibility index (Phi) is 7.39. The van der Waals surface area contributed by atoms with E-state index in [2.05, 4.69) is 10.6 Å². The largest absolute Gasteiger partial charge is 0.348 e. The lowest BCUT2D eigenvalue weighted by Crippen LogP contribution is -2.42. The van der Waals surface area contributed by atoms with Crippen LogP contribution in [0.1, 0.15) is 36.9 Å². The maximum Gasteiger partial charge on any atom is 0.237 e. The Hall–Kier alpha value is -2.37. The molecule has 0 aromatic heterocycles. The first-order valence-electron chi connectivity index (χ1n) is 9.03. The van der Waals surface area contributed by atoms with Crippen LogP contribution in [-0.2, 0) is 16.0 Å². The number of carbonyl (C=O) groups excluding carboxylic acids is 2. The summed E-state index contributed by atoms with van der Waals surface area (Å²) < 4.78 is 0. The normalized spacial score (nSPS) is 15.2. The Bertz CT molecular complexity index is 761. The first-order valence-corrected chi connectivity index (χ1v) is 9.03. The average molecular weight is 388 g/mol. The molecule has 0 bridgehead atoms. The summed E-state index contributed by atoms with van der Waals surface area (Å²) in [5, 5.41) is 5.86. The predicted octanol–water partition coefficient (Wildman–Crippen LogP) is 3.20. The number of amides is 2. The number of nitrogens with one attached hydrogen (secondary N) is 2. The van der Waals surface area contributed by atoms with Crippen molar-refractivity contribution >= 4 is 29.9 Å². The molecule has 2 aromatic carbocycles. The van der Waals surface area contributed by atoms with Gasteiger partial charge in [-0.1, -0.05) is 42.5 Å². The van der Waals surface area contributed by atoms with Crippen LogP contribution in [0.25, 0.3) is 0 Å². The van der Waals surface area contributed by atoms with E-state index in [-0.39, 0.29) is 36.2 Å². The molecule has 0 saturated heterocycles. The Balaban J connectivity index is 0.00000261. The maximum absolute atomic E-state index is 12.3.